The van der Waals surface area contributed by atoms with E-state index in [0.717, 1.165) is 19.6 Å². The number of piperidine rings is 1. The van der Waals surface area contributed by atoms with Crippen LogP contribution in [0.25, 0.3) is 0 Å². The van der Waals surface area contributed by atoms with Gasteiger partial charge >= 0.3 is 6.03 Å². The number of rotatable bonds is 2. The van der Waals surface area contributed by atoms with E-state index in [1.54, 1.807) is 12.0 Å². The molecule has 1 N–H and O–H groups in total. The molecule has 0 bridgehead atoms. The van der Waals surface area contributed by atoms with Crippen molar-refractivity contribution in [2.45, 2.75) is 25.0 Å². The van der Waals surface area contributed by atoms with Crippen LogP contribution in [0.2, 0.25) is 0 Å². The SMILES string of the molecule is COc1ccccc1NC(=O)N1CCC2(CC1)OCCCO2. The van der Waals surface area contributed by atoms with Gasteiger partial charge in [-0.25, -0.2) is 4.79 Å². The number of methoxy groups -OCH3 is 1. The number of benzene rings is 1. The highest BCUT2D eigenvalue weighted by Gasteiger charge is 2.39. The Morgan fingerprint density at radius 1 is 1.23 bits per heavy atom. The fraction of sp³-hybridized carbons (Fsp3) is 0.562. The number of para-hydroxylation sites is 2. The Bertz CT molecular complexity index is 519. The van der Waals surface area contributed by atoms with Gasteiger partial charge in [0.15, 0.2) is 5.79 Å². The number of nitrogens with zero attached hydrogens (tertiary/aromatic N) is 1. The van der Waals surface area contributed by atoms with Crippen LogP contribution in [0, 0.1) is 0 Å². The summed E-state index contributed by atoms with van der Waals surface area (Å²) < 4.78 is 16.8. The van der Waals surface area contributed by atoms with Gasteiger partial charge in [0.05, 0.1) is 26.0 Å². The van der Waals surface area contributed by atoms with Crippen LogP contribution < -0.4 is 10.1 Å². The lowest BCUT2D eigenvalue weighted by Crippen LogP contribution is -2.52. The molecule has 2 aliphatic rings. The Morgan fingerprint density at radius 3 is 2.59 bits per heavy atom. The Balaban J connectivity index is 1.58. The molecule has 0 atom stereocenters. The predicted molar refractivity (Wildman–Crippen MR) is 82.1 cm³/mol. The maximum Gasteiger partial charge on any atom is 0.321 e. The number of likely N-dealkylation sites (tertiary alicyclic amines) is 1. The van der Waals surface area contributed by atoms with Crippen LogP contribution in [0.1, 0.15) is 19.3 Å². The van der Waals surface area contributed by atoms with Gasteiger partial charge in [-0.3, -0.25) is 0 Å². The lowest BCUT2D eigenvalue weighted by atomic mass is 10.0. The molecule has 1 spiro atoms. The first-order chi connectivity index (χ1) is 10.7. The number of carbonyl (C=O) groups is 1. The Labute approximate surface area is 130 Å². The van der Waals surface area contributed by atoms with Gasteiger partial charge in [-0.2, -0.15) is 0 Å². The van der Waals surface area contributed by atoms with Gasteiger partial charge in [0.1, 0.15) is 5.75 Å². The molecule has 6 nitrogen and oxygen atoms in total. The van der Waals surface area contributed by atoms with Crippen LogP contribution in [0.3, 0.4) is 0 Å². The number of anilines is 1. The molecule has 2 fully saturated rings. The van der Waals surface area contributed by atoms with E-state index in [9.17, 15) is 4.79 Å². The molecule has 120 valence electrons. The van der Waals surface area contributed by atoms with Gasteiger partial charge in [0.25, 0.3) is 0 Å². The second kappa shape index (κ2) is 6.54. The van der Waals surface area contributed by atoms with E-state index in [2.05, 4.69) is 5.32 Å². The lowest BCUT2D eigenvalue weighted by molar-refractivity contribution is -0.281. The molecular formula is C16H22N2O4. The summed E-state index contributed by atoms with van der Waals surface area (Å²) in [7, 11) is 1.59. The topological polar surface area (TPSA) is 60.0 Å². The maximum absolute atomic E-state index is 12.4. The molecule has 2 saturated heterocycles. The van der Waals surface area contributed by atoms with Crippen molar-refractivity contribution < 1.29 is 19.0 Å². The molecular weight excluding hydrogens is 284 g/mol. The van der Waals surface area contributed by atoms with Crippen molar-refractivity contribution in [2.75, 3.05) is 38.7 Å². The summed E-state index contributed by atoms with van der Waals surface area (Å²) in [5.74, 6) is 0.183. The average molecular weight is 306 g/mol. The monoisotopic (exact) mass is 306 g/mol. The highest BCUT2D eigenvalue weighted by molar-refractivity contribution is 5.91. The van der Waals surface area contributed by atoms with E-state index >= 15 is 0 Å². The zero-order chi connectivity index (χ0) is 15.4. The second-order valence-electron chi connectivity index (χ2n) is 5.58. The van der Waals surface area contributed by atoms with Crippen LogP contribution in [-0.2, 0) is 9.47 Å². The number of nitrogens with one attached hydrogen (secondary N) is 1. The van der Waals surface area contributed by atoms with Crippen molar-refractivity contribution in [3.8, 4) is 5.75 Å². The van der Waals surface area contributed by atoms with E-state index < -0.39 is 5.79 Å². The van der Waals surface area contributed by atoms with Gasteiger partial charge in [0, 0.05) is 25.9 Å². The molecule has 2 heterocycles. The number of carbonyl (C=O) groups excluding carboxylic acids is 1. The van der Waals surface area contributed by atoms with Crippen molar-refractivity contribution in [1.82, 2.24) is 4.90 Å². The number of ether oxygens (including phenoxy) is 3. The third-order valence-electron chi connectivity index (χ3n) is 4.18. The number of hydrogen-bond acceptors (Lipinski definition) is 4. The third-order valence-corrected chi connectivity index (χ3v) is 4.18. The van der Waals surface area contributed by atoms with Crippen LogP contribution in [0.15, 0.2) is 24.3 Å². The first-order valence-electron chi connectivity index (χ1n) is 7.69. The minimum atomic E-state index is -0.473. The molecule has 3 rings (SSSR count). The van der Waals surface area contributed by atoms with Crippen molar-refractivity contribution in [3.63, 3.8) is 0 Å². The average Bonchev–Trinajstić information content (AvgIpc) is 2.57. The number of hydrogen-bond donors (Lipinski definition) is 1. The summed E-state index contributed by atoms with van der Waals surface area (Å²) in [6.45, 7) is 2.74. The first-order valence-corrected chi connectivity index (χ1v) is 7.69. The highest BCUT2D eigenvalue weighted by Crippen LogP contribution is 2.31. The quantitative estimate of drug-likeness (QED) is 0.912. The predicted octanol–water partition coefficient (Wildman–Crippen LogP) is 2.46. The van der Waals surface area contributed by atoms with Crippen molar-refractivity contribution in [1.29, 1.82) is 0 Å². The van der Waals surface area contributed by atoms with Gasteiger partial charge in [-0.15, -0.1) is 0 Å². The summed E-state index contributed by atoms with van der Waals surface area (Å²) in [5, 5.41) is 2.90. The third kappa shape index (κ3) is 3.18. The maximum atomic E-state index is 12.4. The van der Waals surface area contributed by atoms with Gasteiger partial charge in [-0.05, 0) is 18.6 Å². The van der Waals surface area contributed by atoms with E-state index in [-0.39, 0.29) is 6.03 Å². The molecule has 0 aromatic heterocycles. The lowest BCUT2D eigenvalue weighted by Gasteiger charge is -2.43. The normalized spacial score (nSPS) is 20.7. The van der Waals surface area contributed by atoms with Crippen LogP contribution in [-0.4, -0.2) is 50.1 Å². The first kappa shape index (κ1) is 15.1. The van der Waals surface area contributed by atoms with E-state index in [1.165, 1.54) is 0 Å². The fourth-order valence-corrected chi connectivity index (χ4v) is 2.90. The van der Waals surface area contributed by atoms with Crippen LogP contribution in [0.5, 0.6) is 5.75 Å². The Kier molecular flexibility index (Phi) is 4.49. The van der Waals surface area contributed by atoms with Crippen LogP contribution in [0.4, 0.5) is 10.5 Å². The number of amides is 2. The standard InChI is InChI=1S/C16H22N2O4/c1-20-14-6-3-2-5-13(14)17-15(19)18-9-7-16(8-10-18)21-11-4-12-22-16/h2-3,5-6H,4,7-12H2,1H3,(H,17,19). The molecule has 2 aliphatic heterocycles. The highest BCUT2D eigenvalue weighted by atomic mass is 16.7. The molecule has 6 heteroatoms. The van der Waals surface area contributed by atoms with Gasteiger partial charge < -0.3 is 24.4 Å². The van der Waals surface area contributed by atoms with E-state index in [0.29, 0.717) is 37.4 Å². The summed E-state index contributed by atoms with van der Waals surface area (Å²) in [4.78, 5) is 14.2. The smallest absolute Gasteiger partial charge is 0.321 e. The van der Waals surface area contributed by atoms with Gasteiger partial charge in [-0.1, -0.05) is 12.1 Å². The molecule has 0 saturated carbocycles. The zero-order valence-electron chi connectivity index (χ0n) is 12.8. The number of urea groups is 1. The summed E-state index contributed by atoms with van der Waals surface area (Å²) in [6.07, 6.45) is 2.37. The van der Waals surface area contributed by atoms with E-state index in [1.807, 2.05) is 24.3 Å². The van der Waals surface area contributed by atoms with Crippen molar-refractivity contribution in [3.05, 3.63) is 24.3 Å². The molecule has 0 unspecified atom stereocenters. The van der Waals surface area contributed by atoms with E-state index in [4.69, 9.17) is 14.2 Å². The zero-order valence-corrected chi connectivity index (χ0v) is 12.8. The van der Waals surface area contributed by atoms with Crippen molar-refractivity contribution in [2.24, 2.45) is 0 Å². The Morgan fingerprint density at radius 2 is 1.91 bits per heavy atom. The molecule has 0 radical (unpaired) electrons. The summed E-state index contributed by atoms with van der Waals surface area (Å²) >= 11 is 0. The fourth-order valence-electron chi connectivity index (χ4n) is 2.90. The second-order valence-corrected chi connectivity index (χ2v) is 5.58. The molecule has 1 aromatic carbocycles. The minimum absolute atomic E-state index is 0.116. The molecule has 22 heavy (non-hydrogen) atoms. The molecule has 1 aromatic rings. The van der Waals surface area contributed by atoms with Gasteiger partial charge in [0.2, 0.25) is 0 Å². The summed E-state index contributed by atoms with van der Waals surface area (Å²) in [5.41, 5.74) is 0.681. The summed E-state index contributed by atoms with van der Waals surface area (Å²) in [6, 6.07) is 7.28. The van der Waals surface area contributed by atoms with Crippen LogP contribution >= 0.6 is 0 Å². The molecule has 2 amide bonds. The molecule has 0 aliphatic carbocycles. The van der Waals surface area contributed by atoms with Crippen molar-refractivity contribution >= 4 is 11.7 Å². The Hall–Kier alpha value is -1.79. The minimum Gasteiger partial charge on any atom is -0.495 e. The largest absolute Gasteiger partial charge is 0.495 e.